The van der Waals surface area contributed by atoms with E-state index in [0.717, 1.165) is 17.0 Å². The minimum atomic E-state index is 0.417. The van der Waals surface area contributed by atoms with Crippen molar-refractivity contribution in [2.75, 3.05) is 5.32 Å². The van der Waals surface area contributed by atoms with Gasteiger partial charge in [-0.1, -0.05) is 47.5 Å². The average molecular weight is 338 g/mol. The number of hydrogen-bond acceptors (Lipinski definition) is 2. The summed E-state index contributed by atoms with van der Waals surface area (Å²) in [6.07, 6.45) is 0. The second kappa shape index (κ2) is 7.41. The summed E-state index contributed by atoms with van der Waals surface area (Å²) < 4.78 is 0. The number of hydrazone groups is 1. The van der Waals surface area contributed by atoms with Crippen LogP contribution in [0, 0.1) is 0 Å². The fraction of sp³-hybridized carbons (Fsp3) is 0.0667. The molecule has 3 nitrogen and oxygen atoms in total. The lowest BCUT2D eigenvalue weighted by atomic mass is 10.1. The molecule has 2 N–H and O–H groups in total. The third-order valence-electron chi connectivity index (χ3n) is 2.69. The first kappa shape index (κ1) is 15.8. The van der Waals surface area contributed by atoms with Crippen LogP contribution in [0.3, 0.4) is 0 Å². The van der Waals surface area contributed by atoms with E-state index in [1.807, 2.05) is 43.3 Å². The van der Waals surface area contributed by atoms with Gasteiger partial charge in [-0.25, -0.2) is 0 Å². The van der Waals surface area contributed by atoms with Crippen molar-refractivity contribution in [3.05, 3.63) is 64.1 Å². The van der Waals surface area contributed by atoms with Gasteiger partial charge in [0.25, 0.3) is 0 Å². The molecule has 0 saturated heterocycles. The van der Waals surface area contributed by atoms with Gasteiger partial charge in [-0.2, -0.15) is 5.10 Å². The first-order valence-electron chi connectivity index (χ1n) is 6.18. The van der Waals surface area contributed by atoms with Gasteiger partial charge >= 0.3 is 0 Å². The summed E-state index contributed by atoms with van der Waals surface area (Å²) in [5, 5.41) is 8.69. The van der Waals surface area contributed by atoms with Gasteiger partial charge in [-0.15, -0.1) is 0 Å². The Labute approximate surface area is 139 Å². The molecule has 0 atom stereocenters. The molecule has 0 amide bonds. The highest BCUT2D eigenvalue weighted by molar-refractivity contribution is 7.80. The first-order chi connectivity index (χ1) is 10.1. The molecule has 2 rings (SSSR count). The summed E-state index contributed by atoms with van der Waals surface area (Å²) >= 11 is 17.0. The minimum absolute atomic E-state index is 0.417. The highest BCUT2D eigenvalue weighted by atomic mass is 35.5. The number of anilines is 1. The van der Waals surface area contributed by atoms with Crippen LogP contribution in [0.15, 0.2) is 53.6 Å². The molecule has 2 aromatic carbocycles. The Morgan fingerprint density at radius 2 is 1.76 bits per heavy atom. The third kappa shape index (κ3) is 4.70. The number of nitrogens with one attached hydrogen (secondary N) is 2. The van der Waals surface area contributed by atoms with Gasteiger partial charge < -0.3 is 5.32 Å². The summed E-state index contributed by atoms with van der Waals surface area (Å²) in [4.78, 5) is 0. The zero-order valence-electron chi connectivity index (χ0n) is 11.2. The molecule has 0 radical (unpaired) electrons. The van der Waals surface area contributed by atoms with Gasteiger partial charge in [0.05, 0.1) is 15.8 Å². The van der Waals surface area contributed by atoms with Crippen molar-refractivity contribution in [3.63, 3.8) is 0 Å². The monoisotopic (exact) mass is 337 g/mol. The number of nitrogens with zero attached hydrogens (tertiary/aromatic N) is 1. The van der Waals surface area contributed by atoms with Crippen molar-refractivity contribution in [3.8, 4) is 0 Å². The van der Waals surface area contributed by atoms with E-state index < -0.39 is 0 Å². The Balaban J connectivity index is 1.99. The van der Waals surface area contributed by atoms with Gasteiger partial charge in [0, 0.05) is 5.69 Å². The highest BCUT2D eigenvalue weighted by Gasteiger charge is 2.03. The second-order valence-corrected chi connectivity index (χ2v) is 5.48. The Bertz CT molecular complexity index is 672. The third-order valence-corrected chi connectivity index (χ3v) is 3.63. The molecule has 0 saturated carbocycles. The topological polar surface area (TPSA) is 36.4 Å². The smallest absolute Gasteiger partial charge is 0.191 e. The Hall–Kier alpha value is -1.62. The molecule has 0 spiro atoms. The van der Waals surface area contributed by atoms with Gasteiger partial charge in [0.1, 0.15) is 0 Å². The molecule has 0 aliphatic rings. The summed E-state index contributed by atoms with van der Waals surface area (Å²) in [5.41, 5.74) is 5.33. The molecule has 0 aromatic heterocycles. The van der Waals surface area contributed by atoms with Crippen molar-refractivity contribution >= 4 is 51.9 Å². The van der Waals surface area contributed by atoms with Crippen LogP contribution in [-0.2, 0) is 0 Å². The summed E-state index contributed by atoms with van der Waals surface area (Å²) in [7, 11) is 0. The Morgan fingerprint density at radius 3 is 2.43 bits per heavy atom. The number of rotatable bonds is 3. The molecular formula is C15H13Cl2N3S. The van der Waals surface area contributed by atoms with Crippen molar-refractivity contribution in [2.24, 2.45) is 5.10 Å². The zero-order valence-corrected chi connectivity index (χ0v) is 13.6. The maximum absolute atomic E-state index is 5.98. The van der Waals surface area contributed by atoms with E-state index in [2.05, 4.69) is 15.8 Å². The highest BCUT2D eigenvalue weighted by Crippen LogP contribution is 2.22. The van der Waals surface area contributed by atoms with E-state index in [1.165, 1.54) is 0 Å². The first-order valence-corrected chi connectivity index (χ1v) is 7.34. The SMILES string of the molecule is C/C(=N\NC(=S)Nc1ccccc1)c1ccc(Cl)c(Cl)c1. The fourth-order valence-corrected chi connectivity index (χ4v) is 2.06. The molecule has 0 heterocycles. The van der Waals surface area contributed by atoms with Gasteiger partial charge in [0.2, 0.25) is 0 Å². The predicted octanol–water partition coefficient (Wildman–Crippen LogP) is 4.70. The number of halogens is 2. The molecule has 6 heteroatoms. The fourth-order valence-electron chi connectivity index (χ4n) is 1.60. The van der Waals surface area contributed by atoms with Crippen LogP contribution in [-0.4, -0.2) is 10.8 Å². The van der Waals surface area contributed by atoms with E-state index in [9.17, 15) is 0 Å². The minimum Gasteiger partial charge on any atom is -0.331 e. The molecule has 21 heavy (non-hydrogen) atoms. The molecular weight excluding hydrogens is 325 g/mol. The van der Waals surface area contributed by atoms with E-state index in [4.69, 9.17) is 35.4 Å². The molecule has 0 aliphatic carbocycles. The molecule has 108 valence electrons. The quantitative estimate of drug-likeness (QED) is 0.484. The lowest BCUT2D eigenvalue weighted by Gasteiger charge is -2.08. The van der Waals surface area contributed by atoms with Crippen molar-refractivity contribution < 1.29 is 0 Å². The standard InChI is InChI=1S/C15H13Cl2N3S/c1-10(11-7-8-13(16)14(17)9-11)19-20-15(21)18-12-5-3-2-4-6-12/h2-9H,1H3,(H2,18,20,21)/b19-10+. The van der Waals surface area contributed by atoms with Gasteiger partial charge in [-0.05, 0) is 49.0 Å². The lowest BCUT2D eigenvalue weighted by molar-refractivity contribution is 1.04. The van der Waals surface area contributed by atoms with E-state index in [0.29, 0.717) is 15.2 Å². The maximum Gasteiger partial charge on any atom is 0.191 e. The molecule has 0 fully saturated rings. The van der Waals surface area contributed by atoms with Crippen LogP contribution in [0.5, 0.6) is 0 Å². The predicted molar refractivity (Wildman–Crippen MR) is 94.5 cm³/mol. The van der Waals surface area contributed by atoms with Crippen LogP contribution in [0.25, 0.3) is 0 Å². The number of thiocarbonyl (C=S) groups is 1. The van der Waals surface area contributed by atoms with Gasteiger partial charge in [0.15, 0.2) is 5.11 Å². The normalized spacial score (nSPS) is 11.1. The van der Waals surface area contributed by atoms with E-state index in [1.54, 1.807) is 12.1 Å². The lowest BCUT2D eigenvalue weighted by Crippen LogP contribution is -2.24. The van der Waals surface area contributed by atoms with E-state index >= 15 is 0 Å². The summed E-state index contributed by atoms with van der Waals surface area (Å²) in [6, 6.07) is 15.0. The summed E-state index contributed by atoms with van der Waals surface area (Å²) in [5.74, 6) is 0. The van der Waals surface area contributed by atoms with Crippen LogP contribution in [0.2, 0.25) is 10.0 Å². The average Bonchev–Trinajstić information content (AvgIpc) is 2.48. The Kier molecular flexibility index (Phi) is 5.56. The largest absolute Gasteiger partial charge is 0.331 e. The van der Waals surface area contributed by atoms with Crippen LogP contribution < -0.4 is 10.7 Å². The van der Waals surface area contributed by atoms with Crippen LogP contribution in [0.1, 0.15) is 12.5 Å². The van der Waals surface area contributed by atoms with Crippen LogP contribution in [0.4, 0.5) is 5.69 Å². The number of hydrogen-bond donors (Lipinski definition) is 2. The molecule has 2 aromatic rings. The molecule has 0 aliphatic heterocycles. The van der Waals surface area contributed by atoms with Crippen molar-refractivity contribution in [2.45, 2.75) is 6.92 Å². The number of para-hydroxylation sites is 1. The maximum atomic E-state index is 5.98. The summed E-state index contributed by atoms with van der Waals surface area (Å²) in [6.45, 7) is 1.86. The van der Waals surface area contributed by atoms with Gasteiger partial charge in [-0.3, -0.25) is 5.43 Å². The molecule has 0 bridgehead atoms. The zero-order chi connectivity index (χ0) is 15.2. The van der Waals surface area contributed by atoms with Crippen LogP contribution >= 0.6 is 35.4 Å². The van der Waals surface area contributed by atoms with Crippen molar-refractivity contribution in [1.82, 2.24) is 5.43 Å². The number of benzene rings is 2. The second-order valence-electron chi connectivity index (χ2n) is 4.26. The molecule has 0 unspecified atom stereocenters. The Morgan fingerprint density at radius 1 is 1.05 bits per heavy atom. The van der Waals surface area contributed by atoms with E-state index in [-0.39, 0.29) is 0 Å². The van der Waals surface area contributed by atoms with Crippen molar-refractivity contribution in [1.29, 1.82) is 0 Å².